The van der Waals surface area contributed by atoms with Crippen LogP contribution in [0.15, 0.2) is 42.5 Å². The Bertz CT molecular complexity index is 961. The zero-order valence-electron chi connectivity index (χ0n) is 15.3. The van der Waals surface area contributed by atoms with Gasteiger partial charge in [0.2, 0.25) is 0 Å². The molecule has 0 spiro atoms. The van der Waals surface area contributed by atoms with Crippen LogP contribution in [-0.2, 0) is 17.6 Å². The van der Waals surface area contributed by atoms with Gasteiger partial charge in [-0.2, -0.15) is 0 Å². The lowest BCUT2D eigenvalue weighted by atomic mass is 10.1. The van der Waals surface area contributed by atoms with Crippen molar-refractivity contribution in [3.63, 3.8) is 0 Å². The lowest BCUT2D eigenvalue weighted by molar-refractivity contribution is -0.134. The van der Waals surface area contributed by atoms with Gasteiger partial charge in [-0.25, -0.2) is 4.98 Å². The van der Waals surface area contributed by atoms with E-state index in [9.17, 15) is 4.79 Å². The van der Waals surface area contributed by atoms with Crippen LogP contribution in [0.25, 0.3) is 11.0 Å². The van der Waals surface area contributed by atoms with Crippen LogP contribution in [0.5, 0.6) is 5.75 Å². The molecule has 0 unspecified atom stereocenters. The Morgan fingerprint density at radius 3 is 2.96 bits per heavy atom. The summed E-state index contributed by atoms with van der Waals surface area (Å²) in [7, 11) is 0. The molecule has 138 valence electrons. The van der Waals surface area contributed by atoms with Crippen LogP contribution in [0, 0.1) is 0 Å². The fourth-order valence-electron chi connectivity index (χ4n) is 4.35. The summed E-state index contributed by atoms with van der Waals surface area (Å²) in [6.07, 6.45) is 5.41. The van der Waals surface area contributed by atoms with E-state index < -0.39 is 0 Å². The topological polar surface area (TPSA) is 58.2 Å². The van der Waals surface area contributed by atoms with Gasteiger partial charge in [0.25, 0.3) is 5.91 Å². The Labute approximate surface area is 158 Å². The van der Waals surface area contributed by atoms with Crippen molar-refractivity contribution in [3.8, 4) is 5.75 Å². The number of imidazole rings is 1. The summed E-state index contributed by atoms with van der Waals surface area (Å²) in [5, 5.41) is 0. The number of nitrogens with zero attached hydrogens (tertiary/aromatic N) is 2. The zero-order chi connectivity index (χ0) is 18.2. The highest BCUT2D eigenvalue weighted by Gasteiger charge is 2.32. The first-order valence-corrected chi connectivity index (χ1v) is 9.77. The number of hydrogen-bond donors (Lipinski definition) is 1. The number of rotatable bonds is 4. The number of ether oxygens (including phenoxy) is 1. The maximum absolute atomic E-state index is 12.8. The molecule has 1 atom stereocenters. The molecule has 1 fully saturated rings. The summed E-state index contributed by atoms with van der Waals surface area (Å²) >= 11 is 0. The maximum atomic E-state index is 12.8. The van der Waals surface area contributed by atoms with Gasteiger partial charge in [-0.05, 0) is 67.5 Å². The van der Waals surface area contributed by atoms with Crippen molar-refractivity contribution in [1.82, 2.24) is 14.9 Å². The van der Waals surface area contributed by atoms with E-state index in [-0.39, 0.29) is 18.6 Å². The van der Waals surface area contributed by atoms with Crippen molar-refractivity contribution in [2.75, 3.05) is 13.2 Å². The molecular formula is C22H23N3O2. The first-order chi connectivity index (χ1) is 13.3. The van der Waals surface area contributed by atoms with Crippen molar-refractivity contribution in [2.45, 2.75) is 38.1 Å². The molecule has 1 aliphatic heterocycles. The summed E-state index contributed by atoms with van der Waals surface area (Å²) < 4.78 is 5.83. The number of benzene rings is 2. The van der Waals surface area contributed by atoms with E-state index in [0.29, 0.717) is 0 Å². The number of para-hydroxylation sites is 2. The number of aromatic amines is 1. The van der Waals surface area contributed by atoms with E-state index in [1.165, 1.54) is 17.5 Å². The molecule has 2 heterocycles. The average Bonchev–Trinajstić information content (AvgIpc) is 3.43. The lowest BCUT2D eigenvalue weighted by Gasteiger charge is -2.23. The van der Waals surface area contributed by atoms with Gasteiger partial charge in [0, 0.05) is 6.54 Å². The molecule has 0 radical (unpaired) electrons. The maximum Gasteiger partial charge on any atom is 0.261 e. The van der Waals surface area contributed by atoms with Crippen LogP contribution in [0.4, 0.5) is 0 Å². The van der Waals surface area contributed by atoms with Crippen LogP contribution in [-0.4, -0.2) is 33.9 Å². The highest BCUT2D eigenvalue weighted by molar-refractivity contribution is 5.79. The highest BCUT2D eigenvalue weighted by atomic mass is 16.5. The molecule has 1 aromatic heterocycles. The normalized spacial score (nSPS) is 18.8. The number of carbonyl (C=O) groups excluding carboxylic acids is 1. The summed E-state index contributed by atoms with van der Waals surface area (Å²) in [6, 6.07) is 14.2. The molecule has 2 aromatic carbocycles. The van der Waals surface area contributed by atoms with E-state index in [0.717, 1.165) is 54.8 Å². The number of hydrogen-bond acceptors (Lipinski definition) is 3. The number of amides is 1. The largest absolute Gasteiger partial charge is 0.484 e. The second-order valence-electron chi connectivity index (χ2n) is 7.46. The molecule has 1 aliphatic carbocycles. The van der Waals surface area contributed by atoms with Gasteiger partial charge in [-0.15, -0.1) is 0 Å². The number of likely N-dealkylation sites (tertiary alicyclic amines) is 1. The Balaban J connectivity index is 1.29. The molecule has 27 heavy (non-hydrogen) atoms. The number of aryl methyl sites for hydroxylation is 2. The van der Waals surface area contributed by atoms with Gasteiger partial charge in [0.1, 0.15) is 11.6 Å². The number of carbonyl (C=O) groups is 1. The first kappa shape index (κ1) is 16.4. The fourth-order valence-corrected chi connectivity index (χ4v) is 4.35. The minimum atomic E-state index is 0.00789. The van der Waals surface area contributed by atoms with Gasteiger partial charge >= 0.3 is 0 Å². The molecule has 1 amide bonds. The molecule has 0 saturated carbocycles. The smallest absolute Gasteiger partial charge is 0.261 e. The Morgan fingerprint density at radius 1 is 1.15 bits per heavy atom. The van der Waals surface area contributed by atoms with Gasteiger partial charge < -0.3 is 14.6 Å². The summed E-state index contributed by atoms with van der Waals surface area (Å²) in [5.41, 5.74) is 4.74. The average molecular weight is 361 g/mol. The minimum absolute atomic E-state index is 0.00789. The quantitative estimate of drug-likeness (QED) is 0.769. The van der Waals surface area contributed by atoms with Crippen LogP contribution < -0.4 is 4.74 Å². The highest BCUT2D eigenvalue weighted by Crippen LogP contribution is 2.32. The SMILES string of the molecule is O=C(COc1ccc2c(c1)CCC2)N1CCC[C@H]1c1nc2ccccc2[nH]1. The monoisotopic (exact) mass is 361 g/mol. The molecule has 1 saturated heterocycles. The third-order valence-electron chi connectivity index (χ3n) is 5.73. The second kappa shape index (κ2) is 6.72. The van der Waals surface area contributed by atoms with E-state index in [1.54, 1.807) is 0 Å². The molecule has 1 N–H and O–H groups in total. The predicted octanol–water partition coefficient (Wildman–Crippen LogP) is 3.79. The molecule has 5 rings (SSSR count). The van der Waals surface area contributed by atoms with Crippen molar-refractivity contribution in [1.29, 1.82) is 0 Å². The molecule has 0 bridgehead atoms. The number of aromatic nitrogens is 2. The Morgan fingerprint density at radius 2 is 2.04 bits per heavy atom. The number of H-pyrrole nitrogens is 1. The first-order valence-electron chi connectivity index (χ1n) is 9.77. The summed E-state index contributed by atoms with van der Waals surface area (Å²) in [6.45, 7) is 0.837. The van der Waals surface area contributed by atoms with Crippen molar-refractivity contribution >= 4 is 16.9 Å². The fraction of sp³-hybridized carbons (Fsp3) is 0.364. The lowest BCUT2D eigenvalue weighted by Crippen LogP contribution is -2.34. The number of nitrogens with one attached hydrogen (secondary N) is 1. The predicted molar refractivity (Wildman–Crippen MR) is 104 cm³/mol. The van der Waals surface area contributed by atoms with E-state index in [1.807, 2.05) is 35.2 Å². The van der Waals surface area contributed by atoms with Gasteiger partial charge in [0.05, 0.1) is 17.1 Å². The molecular weight excluding hydrogens is 338 g/mol. The summed E-state index contributed by atoms with van der Waals surface area (Å²) in [4.78, 5) is 22.8. The Hall–Kier alpha value is -2.82. The van der Waals surface area contributed by atoms with Crippen LogP contribution in [0.3, 0.4) is 0 Å². The van der Waals surface area contributed by atoms with Gasteiger partial charge in [0.15, 0.2) is 6.61 Å². The standard InChI is InChI=1S/C22H23N3O2/c26-21(14-27-17-11-10-15-5-3-6-16(15)13-17)25-12-4-9-20(25)22-23-18-7-1-2-8-19(18)24-22/h1-2,7-8,10-11,13,20H,3-6,9,12,14H2,(H,23,24)/t20-/m0/s1. The van der Waals surface area contributed by atoms with Crippen LogP contribution in [0.1, 0.15) is 42.3 Å². The molecule has 5 heteroatoms. The van der Waals surface area contributed by atoms with Crippen molar-refractivity contribution in [3.05, 3.63) is 59.4 Å². The molecule has 3 aromatic rings. The van der Waals surface area contributed by atoms with Gasteiger partial charge in [-0.3, -0.25) is 4.79 Å². The van der Waals surface area contributed by atoms with Crippen LogP contribution >= 0.6 is 0 Å². The van der Waals surface area contributed by atoms with E-state index >= 15 is 0 Å². The van der Waals surface area contributed by atoms with Crippen LogP contribution in [0.2, 0.25) is 0 Å². The third kappa shape index (κ3) is 3.07. The summed E-state index contributed by atoms with van der Waals surface area (Å²) in [5.74, 6) is 1.70. The number of fused-ring (bicyclic) bond motifs is 2. The zero-order valence-corrected chi connectivity index (χ0v) is 15.3. The second-order valence-corrected chi connectivity index (χ2v) is 7.46. The Kier molecular flexibility index (Phi) is 4.07. The molecule has 5 nitrogen and oxygen atoms in total. The van der Waals surface area contributed by atoms with Crippen molar-refractivity contribution in [2.24, 2.45) is 0 Å². The van der Waals surface area contributed by atoms with Gasteiger partial charge in [-0.1, -0.05) is 18.2 Å². The third-order valence-corrected chi connectivity index (χ3v) is 5.73. The van der Waals surface area contributed by atoms with Crippen molar-refractivity contribution < 1.29 is 9.53 Å². The van der Waals surface area contributed by atoms with E-state index in [4.69, 9.17) is 9.72 Å². The van der Waals surface area contributed by atoms with E-state index in [2.05, 4.69) is 17.1 Å². The molecule has 2 aliphatic rings. The minimum Gasteiger partial charge on any atom is -0.484 e.